The highest BCUT2D eigenvalue weighted by molar-refractivity contribution is 5.91. The molecule has 1 aromatic heterocycles. The third kappa shape index (κ3) is 4.51. The summed E-state index contributed by atoms with van der Waals surface area (Å²) in [6.45, 7) is 1.23. The number of pyridine rings is 1. The summed E-state index contributed by atoms with van der Waals surface area (Å²) < 4.78 is 13.0. The number of hydrogen-bond donors (Lipinski definition) is 1. The summed E-state index contributed by atoms with van der Waals surface area (Å²) in [6.07, 6.45) is 7.57. The number of halogens is 1. The van der Waals surface area contributed by atoms with E-state index >= 15 is 0 Å². The first kappa shape index (κ1) is 17.3. The van der Waals surface area contributed by atoms with Gasteiger partial charge in [0, 0.05) is 31.6 Å². The van der Waals surface area contributed by atoms with E-state index in [4.69, 9.17) is 0 Å². The molecule has 0 bridgehead atoms. The number of nitrogens with zero attached hydrogens (tertiary/aromatic N) is 2. The number of carbonyl (C=O) groups is 1. The number of piperidine rings is 1. The lowest BCUT2D eigenvalue weighted by atomic mass is 9.87. The lowest BCUT2D eigenvalue weighted by Gasteiger charge is -2.34. The fourth-order valence-electron chi connectivity index (χ4n) is 3.12. The molecular weight excluding hydrogens is 319 g/mol. The first-order valence-electron chi connectivity index (χ1n) is 8.44. The van der Waals surface area contributed by atoms with E-state index in [0.29, 0.717) is 13.1 Å². The van der Waals surface area contributed by atoms with Gasteiger partial charge in [-0.2, -0.15) is 0 Å². The van der Waals surface area contributed by atoms with Gasteiger partial charge in [0.1, 0.15) is 5.82 Å². The SMILES string of the molecule is O=C(C=Cc1ccncc1)N1CCC(C(O)c2ccc(F)cc2)CC1. The first-order valence-corrected chi connectivity index (χ1v) is 8.44. The standard InChI is InChI=1S/C20H21FN2O2/c21-18-4-2-16(3-5-18)20(25)17-9-13-23(14-10-17)19(24)6-1-15-7-11-22-12-8-15/h1-8,11-12,17,20,25H,9-10,13-14H2. The van der Waals surface area contributed by atoms with Crippen LogP contribution in [0.4, 0.5) is 4.39 Å². The highest BCUT2D eigenvalue weighted by Crippen LogP contribution is 2.30. The molecule has 1 saturated heterocycles. The molecule has 130 valence electrons. The zero-order chi connectivity index (χ0) is 17.6. The zero-order valence-electron chi connectivity index (χ0n) is 13.9. The van der Waals surface area contributed by atoms with E-state index in [2.05, 4.69) is 4.98 Å². The minimum Gasteiger partial charge on any atom is -0.388 e. The maximum atomic E-state index is 13.0. The Labute approximate surface area is 146 Å². The molecule has 1 N–H and O–H groups in total. The number of hydrogen-bond acceptors (Lipinski definition) is 3. The lowest BCUT2D eigenvalue weighted by Crippen LogP contribution is -2.38. The van der Waals surface area contributed by atoms with Crippen LogP contribution in [0.1, 0.15) is 30.1 Å². The Morgan fingerprint density at radius 2 is 1.80 bits per heavy atom. The average molecular weight is 340 g/mol. The van der Waals surface area contributed by atoms with Gasteiger partial charge in [-0.05, 0) is 60.2 Å². The van der Waals surface area contributed by atoms with E-state index in [0.717, 1.165) is 24.0 Å². The third-order valence-corrected chi connectivity index (χ3v) is 4.63. The number of amides is 1. The van der Waals surface area contributed by atoms with Gasteiger partial charge >= 0.3 is 0 Å². The van der Waals surface area contributed by atoms with Gasteiger partial charge in [0.2, 0.25) is 5.91 Å². The second kappa shape index (κ2) is 8.03. The highest BCUT2D eigenvalue weighted by Gasteiger charge is 2.27. The van der Waals surface area contributed by atoms with E-state index in [-0.39, 0.29) is 17.6 Å². The molecule has 1 aromatic carbocycles. The molecule has 25 heavy (non-hydrogen) atoms. The number of likely N-dealkylation sites (tertiary alicyclic amines) is 1. The predicted octanol–water partition coefficient (Wildman–Crippen LogP) is 3.21. The molecule has 0 aliphatic carbocycles. The molecule has 0 spiro atoms. The molecule has 2 heterocycles. The quantitative estimate of drug-likeness (QED) is 0.870. The van der Waals surface area contributed by atoms with Crippen LogP contribution >= 0.6 is 0 Å². The molecule has 1 amide bonds. The van der Waals surface area contributed by atoms with E-state index in [9.17, 15) is 14.3 Å². The largest absolute Gasteiger partial charge is 0.388 e. The van der Waals surface area contributed by atoms with Crippen molar-refractivity contribution in [3.8, 4) is 0 Å². The average Bonchev–Trinajstić information content (AvgIpc) is 2.67. The van der Waals surface area contributed by atoms with E-state index < -0.39 is 6.10 Å². The molecule has 1 fully saturated rings. The summed E-state index contributed by atoms with van der Waals surface area (Å²) in [5.41, 5.74) is 1.66. The van der Waals surface area contributed by atoms with Gasteiger partial charge in [0.05, 0.1) is 6.10 Å². The van der Waals surface area contributed by atoms with Crippen LogP contribution in [0, 0.1) is 11.7 Å². The number of rotatable bonds is 4. The maximum absolute atomic E-state index is 13.0. The number of aromatic nitrogens is 1. The van der Waals surface area contributed by atoms with Crippen LogP contribution in [0.25, 0.3) is 6.08 Å². The van der Waals surface area contributed by atoms with E-state index in [1.165, 1.54) is 12.1 Å². The van der Waals surface area contributed by atoms with Crippen LogP contribution in [0.15, 0.2) is 54.9 Å². The second-order valence-electron chi connectivity index (χ2n) is 6.27. The van der Waals surface area contributed by atoms with Gasteiger partial charge in [-0.15, -0.1) is 0 Å². The van der Waals surface area contributed by atoms with Crippen LogP contribution in [0.2, 0.25) is 0 Å². The van der Waals surface area contributed by atoms with E-state index in [1.807, 2.05) is 12.1 Å². The van der Waals surface area contributed by atoms with Crippen molar-refractivity contribution in [3.63, 3.8) is 0 Å². The fourth-order valence-corrected chi connectivity index (χ4v) is 3.12. The van der Waals surface area contributed by atoms with Crippen molar-refractivity contribution >= 4 is 12.0 Å². The van der Waals surface area contributed by atoms with Crippen LogP contribution in [0.5, 0.6) is 0 Å². The monoisotopic (exact) mass is 340 g/mol. The van der Waals surface area contributed by atoms with Crippen LogP contribution in [-0.4, -0.2) is 34.0 Å². The number of aliphatic hydroxyl groups excluding tert-OH is 1. The first-order chi connectivity index (χ1) is 12.1. The molecule has 1 atom stereocenters. The van der Waals surface area contributed by atoms with Crippen LogP contribution < -0.4 is 0 Å². The fraction of sp³-hybridized carbons (Fsp3) is 0.300. The predicted molar refractivity (Wildman–Crippen MR) is 93.9 cm³/mol. The van der Waals surface area contributed by atoms with Gasteiger partial charge in [0.25, 0.3) is 0 Å². The second-order valence-corrected chi connectivity index (χ2v) is 6.27. The zero-order valence-corrected chi connectivity index (χ0v) is 13.9. The van der Waals surface area contributed by atoms with Gasteiger partial charge < -0.3 is 10.0 Å². The number of aliphatic hydroxyl groups is 1. The molecule has 0 radical (unpaired) electrons. The molecular formula is C20H21FN2O2. The molecule has 5 heteroatoms. The Bertz CT molecular complexity index is 723. The third-order valence-electron chi connectivity index (χ3n) is 4.63. The summed E-state index contributed by atoms with van der Waals surface area (Å²) in [5.74, 6) is -0.248. The highest BCUT2D eigenvalue weighted by atomic mass is 19.1. The summed E-state index contributed by atoms with van der Waals surface area (Å²) >= 11 is 0. The van der Waals surface area contributed by atoms with Crippen molar-refractivity contribution < 1.29 is 14.3 Å². The van der Waals surface area contributed by atoms with Gasteiger partial charge in [-0.25, -0.2) is 4.39 Å². The van der Waals surface area contributed by atoms with Crippen molar-refractivity contribution in [1.29, 1.82) is 0 Å². The Kier molecular flexibility index (Phi) is 5.56. The van der Waals surface area contributed by atoms with Crippen LogP contribution in [-0.2, 0) is 4.79 Å². The van der Waals surface area contributed by atoms with Crippen molar-refractivity contribution in [2.45, 2.75) is 18.9 Å². The molecule has 1 aliphatic rings. The Morgan fingerprint density at radius 3 is 2.44 bits per heavy atom. The summed E-state index contributed by atoms with van der Waals surface area (Å²) in [6, 6.07) is 9.65. The molecule has 1 unspecified atom stereocenters. The normalized spacial score (nSPS) is 17.0. The molecule has 3 rings (SSSR count). The van der Waals surface area contributed by atoms with E-state index in [1.54, 1.807) is 41.6 Å². The van der Waals surface area contributed by atoms with Gasteiger partial charge in [-0.1, -0.05) is 12.1 Å². The summed E-state index contributed by atoms with van der Waals surface area (Å²) in [5, 5.41) is 10.5. The molecule has 2 aromatic rings. The van der Waals surface area contributed by atoms with Crippen molar-refractivity contribution in [2.24, 2.45) is 5.92 Å². The van der Waals surface area contributed by atoms with Crippen LogP contribution in [0.3, 0.4) is 0 Å². The van der Waals surface area contributed by atoms with Crippen molar-refractivity contribution in [3.05, 3.63) is 71.8 Å². The Hall–Kier alpha value is -2.53. The topological polar surface area (TPSA) is 53.4 Å². The summed E-state index contributed by atoms with van der Waals surface area (Å²) in [7, 11) is 0. The Morgan fingerprint density at radius 1 is 1.16 bits per heavy atom. The lowest BCUT2D eigenvalue weighted by molar-refractivity contribution is -0.127. The maximum Gasteiger partial charge on any atom is 0.246 e. The molecule has 1 aliphatic heterocycles. The van der Waals surface area contributed by atoms with Gasteiger partial charge in [0.15, 0.2) is 0 Å². The minimum atomic E-state index is -0.620. The number of carbonyl (C=O) groups excluding carboxylic acids is 1. The Balaban J connectivity index is 1.53. The van der Waals surface area contributed by atoms with Crippen molar-refractivity contribution in [1.82, 2.24) is 9.88 Å². The molecule has 0 saturated carbocycles. The minimum absolute atomic E-state index is 0.0217. The number of benzene rings is 1. The summed E-state index contributed by atoms with van der Waals surface area (Å²) in [4.78, 5) is 18.0. The molecule has 4 nitrogen and oxygen atoms in total. The van der Waals surface area contributed by atoms with Gasteiger partial charge in [-0.3, -0.25) is 9.78 Å². The smallest absolute Gasteiger partial charge is 0.246 e. The van der Waals surface area contributed by atoms with Crippen molar-refractivity contribution in [2.75, 3.05) is 13.1 Å².